The fraction of sp³-hybridized carbons (Fsp3) is 0.286. The van der Waals surface area contributed by atoms with E-state index in [1.807, 2.05) is 13.0 Å². The summed E-state index contributed by atoms with van der Waals surface area (Å²) in [5, 5.41) is 0. The SMILES string of the molecule is COc1ccc(SCl)c(C)n1. The quantitative estimate of drug-likeness (QED) is 0.714. The lowest BCUT2D eigenvalue weighted by atomic mass is 10.4. The molecular weight excluding hydrogens is 182 g/mol. The zero-order chi connectivity index (χ0) is 8.27. The molecule has 60 valence electrons. The standard InChI is InChI=1S/C7H8ClNOS/c1-5-6(11-8)3-4-7(9-5)10-2/h3-4H,1-2H3. The maximum absolute atomic E-state index is 5.56. The summed E-state index contributed by atoms with van der Waals surface area (Å²) in [6.45, 7) is 1.90. The number of hydrogen-bond donors (Lipinski definition) is 0. The van der Waals surface area contributed by atoms with E-state index in [4.69, 9.17) is 15.4 Å². The Bertz CT molecular complexity index is 254. The van der Waals surface area contributed by atoms with E-state index in [1.54, 1.807) is 13.2 Å². The molecule has 0 amide bonds. The van der Waals surface area contributed by atoms with E-state index in [9.17, 15) is 0 Å². The van der Waals surface area contributed by atoms with E-state index in [2.05, 4.69) is 4.98 Å². The fourth-order valence-electron chi connectivity index (χ4n) is 0.720. The molecule has 0 unspecified atom stereocenters. The van der Waals surface area contributed by atoms with Gasteiger partial charge in [-0.05, 0) is 34.6 Å². The highest BCUT2D eigenvalue weighted by molar-refractivity contribution is 8.21. The number of halogens is 1. The molecule has 1 rings (SSSR count). The third-order valence-electron chi connectivity index (χ3n) is 1.30. The maximum Gasteiger partial charge on any atom is 0.213 e. The number of ether oxygens (including phenoxy) is 1. The van der Waals surface area contributed by atoms with Crippen LogP contribution in [0, 0.1) is 6.92 Å². The van der Waals surface area contributed by atoms with Gasteiger partial charge in [-0.2, -0.15) is 0 Å². The van der Waals surface area contributed by atoms with Crippen LogP contribution in [0.5, 0.6) is 5.88 Å². The van der Waals surface area contributed by atoms with Gasteiger partial charge in [0.2, 0.25) is 5.88 Å². The fourth-order valence-corrected chi connectivity index (χ4v) is 1.49. The predicted molar refractivity (Wildman–Crippen MR) is 47.2 cm³/mol. The van der Waals surface area contributed by atoms with Gasteiger partial charge in [0.05, 0.1) is 12.8 Å². The molecule has 0 aliphatic carbocycles. The van der Waals surface area contributed by atoms with E-state index in [0.717, 1.165) is 10.6 Å². The Morgan fingerprint density at radius 3 is 2.73 bits per heavy atom. The van der Waals surface area contributed by atoms with Gasteiger partial charge in [-0.15, -0.1) is 0 Å². The van der Waals surface area contributed by atoms with E-state index >= 15 is 0 Å². The molecule has 1 aromatic rings. The second-order valence-corrected chi connectivity index (χ2v) is 3.07. The first-order valence-corrected chi connectivity index (χ1v) is 4.72. The molecule has 0 aliphatic rings. The minimum atomic E-state index is 0.622. The van der Waals surface area contributed by atoms with Gasteiger partial charge in [-0.1, -0.05) is 0 Å². The van der Waals surface area contributed by atoms with Crippen molar-refractivity contribution in [2.75, 3.05) is 7.11 Å². The van der Waals surface area contributed by atoms with E-state index in [0.29, 0.717) is 5.88 Å². The van der Waals surface area contributed by atoms with Gasteiger partial charge in [0.25, 0.3) is 0 Å². The Morgan fingerprint density at radius 1 is 1.55 bits per heavy atom. The van der Waals surface area contributed by atoms with Crippen molar-refractivity contribution in [3.05, 3.63) is 17.8 Å². The van der Waals surface area contributed by atoms with Gasteiger partial charge in [0.15, 0.2) is 0 Å². The first-order valence-electron chi connectivity index (χ1n) is 3.08. The molecule has 0 bridgehead atoms. The molecule has 11 heavy (non-hydrogen) atoms. The molecule has 2 nitrogen and oxygen atoms in total. The van der Waals surface area contributed by atoms with Crippen molar-refractivity contribution >= 4 is 21.7 Å². The highest BCUT2D eigenvalue weighted by Crippen LogP contribution is 2.25. The van der Waals surface area contributed by atoms with Crippen LogP contribution in [-0.2, 0) is 0 Å². The number of hydrogen-bond acceptors (Lipinski definition) is 3. The van der Waals surface area contributed by atoms with Crippen LogP contribution in [0.4, 0.5) is 0 Å². The average Bonchev–Trinajstić information content (AvgIpc) is 2.04. The van der Waals surface area contributed by atoms with Gasteiger partial charge in [-0.3, -0.25) is 0 Å². The van der Waals surface area contributed by atoms with Crippen molar-refractivity contribution in [2.24, 2.45) is 0 Å². The second kappa shape index (κ2) is 3.83. The molecule has 4 heteroatoms. The number of aromatic nitrogens is 1. The van der Waals surface area contributed by atoms with Crippen molar-refractivity contribution in [1.82, 2.24) is 4.98 Å². The predicted octanol–water partition coefficient (Wildman–Crippen LogP) is 2.64. The zero-order valence-electron chi connectivity index (χ0n) is 6.30. The number of rotatable bonds is 2. The van der Waals surface area contributed by atoms with Crippen molar-refractivity contribution < 1.29 is 4.74 Å². The summed E-state index contributed by atoms with van der Waals surface area (Å²) in [7, 11) is 8.32. The Labute approximate surface area is 74.4 Å². The lowest BCUT2D eigenvalue weighted by molar-refractivity contribution is 0.396. The van der Waals surface area contributed by atoms with Gasteiger partial charge in [0, 0.05) is 11.0 Å². The molecule has 0 radical (unpaired) electrons. The van der Waals surface area contributed by atoms with E-state index in [1.165, 1.54) is 11.0 Å². The largest absolute Gasteiger partial charge is 0.481 e. The van der Waals surface area contributed by atoms with Crippen LogP contribution in [0.25, 0.3) is 0 Å². The van der Waals surface area contributed by atoms with E-state index < -0.39 is 0 Å². The molecule has 1 aromatic heterocycles. The Kier molecular flexibility index (Phi) is 3.02. The highest BCUT2D eigenvalue weighted by atomic mass is 35.7. The molecule has 0 atom stereocenters. The van der Waals surface area contributed by atoms with E-state index in [-0.39, 0.29) is 0 Å². The van der Waals surface area contributed by atoms with Gasteiger partial charge in [-0.25, -0.2) is 4.98 Å². The van der Waals surface area contributed by atoms with Crippen LogP contribution in [-0.4, -0.2) is 12.1 Å². The van der Waals surface area contributed by atoms with Crippen molar-refractivity contribution in [1.29, 1.82) is 0 Å². The molecule has 0 N–H and O–H groups in total. The summed E-state index contributed by atoms with van der Waals surface area (Å²) in [6.07, 6.45) is 0. The molecule has 0 aromatic carbocycles. The number of nitrogens with zero attached hydrogens (tertiary/aromatic N) is 1. The topological polar surface area (TPSA) is 22.1 Å². The number of pyridine rings is 1. The summed E-state index contributed by atoms with van der Waals surface area (Å²) >= 11 is 0. The Balaban J connectivity index is 2.99. The lowest BCUT2D eigenvalue weighted by Crippen LogP contribution is -1.90. The summed E-state index contributed by atoms with van der Waals surface area (Å²) in [6, 6.07) is 3.68. The molecule has 0 aliphatic heterocycles. The average molecular weight is 190 g/mol. The number of aryl methyl sites for hydroxylation is 1. The van der Waals surface area contributed by atoms with Crippen LogP contribution < -0.4 is 4.74 Å². The van der Waals surface area contributed by atoms with Crippen LogP contribution >= 0.6 is 21.7 Å². The van der Waals surface area contributed by atoms with Gasteiger partial charge in [0.1, 0.15) is 0 Å². The molecule has 0 fully saturated rings. The molecule has 0 saturated carbocycles. The van der Waals surface area contributed by atoms with Crippen molar-refractivity contribution in [3.8, 4) is 5.88 Å². The van der Waals surface area contributed by atoms with Crippen LogP contribution in [0.2, 0.25) is 0 Å². The summed E-state index contributed by atoms with van der Waals surface area (Å²) in [5.41, 5.74) is 0.893. The highest BCUT2D eigenvalue weighted by Gasteiger charge is 2.00. The zero-order valence-corrected chi connectivity index (χ0v) is 7.87. The first kappa shape index (κ1) is 8.68. The Hall–Kier alpha value is -0.410. The Morgan fingerprint density at radius 2 is 2.27 bits per heavy atom. The molecule has 1 heterocycles. The second-order valence-electron chi connectivity index (χ2n) is 2.01. The summed E-state index contributed by atoms with van der Waals surface area (Å²) in [4.78, 5) is 5.10. The molecule has 0 saturated heterocycles. The minimum absolute atomic E-state index is 0.622. The van der Waals surface area contributed by atoms with Crippen molar-refractivity contribution in [3.63, 3.8) is 0 Å². The lowest BCUT2D eigenvalue weighted by Gasteiger charge is -2.01. The smallest absolute Gasteiger partial charge is 0.213 e. The summed E-state index contributed by atoms with van der Waals surface area (Å²) < 4.78 is 4.93. The van der Waals surface area contributed by atoms with Crippen LogP contribution in [0.15, 0.2) is 17.0 Å². The normalized spacial score (nSPS) is 9.73. The van der Waals surface area contributed by atoms with Crippen LogP contribution in [0.3, 0.4) is 0 Å². The maximum atomic E-state index is 5.56. The van der Waals surface area contributed by atoms with Crippen LogP contribution in [0.1, 0.15) is 5.69 Å². The van der Waals surface area contributed by atoms with Gasteiger partial charge < -0.3 is 4.74 Å². The van der Waals surface area contributed by atoms with Gasteiger partial charge >= 0.3 is 0 Å². The third kappa shape index (κ3) is 2.01. The monoisotopic (exact) mass is 189 g/mol. The third-order valence-corrected chi connectivity index (χ3v) is 2.40. The van der Waals surface area contributed by atoms with Crippen molar-refractivity contribution in [2.45, 2.75) is 11.8 Å². The number of methoxy groups -OCH3 is 1. The summed E-state index contributed by atoms with van der Waals surface area (Å²) in [5.74, 6) is 0.622. The molecular formula is C7H8ClNOS. The first-order chi connectivity index (χ1) is 5.27. The molecule has 0 spiro atoms. The minimum Gasteiger partial charge on any atom is -0.481 e.